The molecule has 4 heterocycles. The predicted octanol–water partition coefficient (Wildman–Crippen LogP) is 4.04. The van der Waals surface area contributed by atoms with E-state index in [4.69, 9.17) is 14.6 Å². The van der Waals surface area contributed by atoms with Gasteiger partial charge >= 0.3 is 0 Å². The van der Waals surface area contributed by atoms with Crippen molar-refractivity contribution >= 4 is 11.3 Å². The van der Waals surface area contributed by atoms with Gasteiger partial charge < -0.3 is 9.47 Å². The maximum atomic E-state index is 5.77. The first-order chi connectivity index (χ1) is 13.8. The zero-order valence-corrected chi connectivity index (χ0v) is 16.8. The van der Waals surface area contributed by atoms with Gasteiger partial charge in [-0.2, -0.15) is 5.10 Å². The molecule has 7 heteroatoms. The van der Waals surface area contributed by atoms with Crippen LogP contribution in [0.15, 0.2) is 36.0 Å². The Morgan fingerprint density at radius 1 is 1.18 bits per heavy atom. The third kappa shape index (κ3) is 3.40. The average Bonchev–Trinajstić information content (AvgIpc) is 3.38. The van der Waals surface area contributed by atoms with E-state index in [0.29, 0.717) is 19.3 Å². The second-order valence-corrected chi connectivity index (χ2v) is 8.31. The Hall–Kier alpha value is -2.38. The Kier molecular flexibility index (Phi) is 4.78. The molecule has 0 radical (unpaired) electrons. The molecule has 0 amide bonds. The van der Waals surface area contributed by atoms with Crippen molar-refractivity contribution in [1.29, 1.82) is 0 Å². The number of thiazole rings is 1. The standard InChI is InChI=1S/C21H24N4O2S/c1-24-13-16(14-25-8-3-2-4-17(25)21-22-7-11-28-21)20(23-24)15-5-6-18-19(12-15)27-10-9-26-18/h5-7,11-13,17H,2-4,8-10,14H2,1H3/t17-/m0/s1. The lowest BCUT2D eigenvalue weighted by molar-refractivity contribution is 0.140. The highest BCUT2D eigenvalue weighted by atomic mass is 32.1. The number of piperidine rings is 1. The van der Waals surface area contributed by atoms with E-state index in [-0.39, 0.29) is 0 Å². The van der Waals surface area contributed by atoms with Gasteiger partial charge in [0.2, 0.25) is 0 Å². The van der Waals surface area contributed by atoms with Gasteiger partial charge in [0.25, 0.3) is 0 Å². The minimum atomic E-state index is 0.405. The number of benzene rings is 1. The molecule has 1 atom stereocenters. The van der Waals surface area contributed by atoms with Crippen LogP contribution in [0.4, 0.5) is 0 Å². The third-order valence-corrected chi connectivity index (χ3v) is 6.32. The Bertz CT molecular complexity index is 953. The highest BCUT2D eigenvalue weighted by Crippen LogP contribution is 2.37. The molecule has 2 aliphatic heterocycles. The van der Waals surface area contributed by atoms with E-state index in [1.165, 1.54) is 29.8 Å². The molecule has 1 fully saturated rings. The lowest BCUT2D eigenvalue weighted by Crippen LogP contribution is -2.32. The summed E-state index contributed by atoms with van der Waals surface area (Å²) in [5.74, 6) is 1.62. The van der Waals surface area contributed by atoms with Crippen LogP contribution in [0, 0.1) is 0 Å². The first-order valence-corrected chi connectivity index (χ1v) is 10.7. The van der Waals surface area contributed by atoms with Gasteiger partial charge in [0.1, 0.15) is 18.2 Å². The fourth-order valence-corrected chi connectivity index (χ4v) is 4.97. The zero-order chi connectivity index (χ0) is 18.9. The van der Waals surface area contributed by atoms with Gasteiger partial charge in [-0.25, -0.2) is 4.98 Å². The molecule has 0 N–H and O–H groups in total. The van der Waals surface area contributed by atoms with Crippen molar-refractivity contribution in [1.82, 2.24) is 19.7 Å². The van der Waals surface area contributed by atoms with Crippen LogP contribution in [0.1, 0.15) is 35.9 Å². The van der Waals surface area contributed by atoms with Crippen molar-refractivity contribution < 1.29 is 9.47 Å². The number of aryl methyl sites for hydroxylation is 1. The van der Waals surface area contributed by atoms with Crippen LogP contribution in [-0.4, -0.2) is 39.4 Å². The van der Waals surface area contributed by atoms with Crippen molar-refractivity contribution in [3.8, 4) is 22.8 Å². The van der Waals surface area contributed by atoms with Gasteiger partial charge in [0.15, 0.2) is 11.5 Å². The van der Waals surface area contributed by atoms with Crippen molar-refractivity contribution in [2.45, 2.75) is 31.8 Å². The second-order valence-electron chi connectivity index (χ2n) is 7.39. The Labute approximate surface area is 168 Å². The molecule has 1 saturated heterocycles. The minimum absolute atomic E-state index is 0.405. The predicted molar refractivity (Wildman–Crippen MR) is 109 cm³/mol. The monoisotopic (exact) mass is 396 g/mol. The number of fused-ring (bicyclic) bond motifs is 1. The molecule has 0 saturated carbocycles. The summed E-state index contributed by atoms with van der Waals surface area (Å²) < 4.78 is 13.3. The minimum Gasteiger partial charge on any atom is -0.486 e. The SMILES string of the molecule is Cn1cc(CN2CCCC[C@H]2c2nccs2)c(-c2ccc3c(c2)OCCO3)n1. The quantitative estimate of drug-likeness (QED) is 0.666. The molecule has 0 spiro atoms. The van der Waals surface area contributed by atoms with Crippen LogP contribution < -0.4 is 9.47 Å². The molecule has 5 rings (SSSR count). The Balaban J connectivity index is 1.45. The summed E-state index contributed by atoms with van der Waals surface area (Å²) >= 11 is 1.76. The lowest BCUT2D eigenvalue weighted by atomic mass is 10.0. The van der Waals surface area contributed by atoms with Crippen LogP contribution in [0.5, 0.6) is 11.5 Å². The molecule has 1 aromatic carbocycles. The van der Waals surface area contributed by atoms with Crippen molar-refractivity contribution in [2.75, 3.05) is 19.8 Å². The van der Waals surface area contributed by atoms with Gasteiger partial charge in [-0.3, -0.25) is 9.58 Å². The smallest absolute Gasteiger partial charge is 0.162 e. The van der Waals surface area contributed by atoms with Gasteiger partial charge in [0, 0.05) is 42.5 Å². The summed E-state index contributed by atoms with van der Waals surface area (Å²) in [5, 5.41) is 8.07. The number of hydrogen-bond donors (Lipinski definition) is 0. The number of likely N-dealkylation sites (tertiary alicyclic amines) is 1. The van der Waals surface area contributed by atoms with E-state index < -0.39 is 0 Å². The van der Waals surface area contributed by atoms with Crippen LogP contribution in [0.25, 0.3) is 11.3 Å². The maximum Gasteiger partial charge on any atom is 0.162 e. The topological polar surface area (TPSA) is 52.4 Å². The first kappa shape index (κ1) is 17.7. The van der Waals surface area contributed by atoms with Crippen LogP contribution in [0.2, 0.25) is 0 Å². The highest BCUT2D eigenvalue weighted by Gasteiger charge is 2.27. The summed E-state index contributed by atoms with van der Waals surface area (Å²) in [7, 11) is 1.99. The molecule has 0 unspecified atom stereocenters. The summed E-state index contributed by atoms with van der Waals surface area (Å²) in [6.07, 6.45) is 7.73. The van der Waals surface area contributed by atoms with Crippen LogP contribution in [0.3, 0.4) is 0 Å². The van der Waals surface area contributed by atoms with Crippen LogP contribution >= 0.6 is 11.3 Å². The molecular formula is C21H24N4O2S. The molecule has 28 heavy (non-hydrogen) atoms. The summed E-state index contributed by atoms with van der Waals surface area (Å²) in [5.41, 5.74) is 3.33. The number of ether oxygens (including phenoxy) is 2. The molecule has 0 bridgehead atoms. The normalized spacial score (nSPS) is 19.7. The van der Waals surface area contributed by atoms with E-state index >= 15 is 0 Å². The molecule has 146 valence electrons. The molecule has 6 nitrogen and oxygen atoms in total. The summed E-state index contributed by atoms with van der Waals surface area (Å²) in [4.78, 5) is 7.15. The molecule has 0 aliphatic carbocycles. The summed E-state index contributed by atoms with van der Waals surface area (Å²) in [6.45, 7) is 3.17. The van der Waals surface area contributed by atoms with Gasteiger partial charge in [-0.15, -0.1) is 11.3 Å². The van der Waals surface area contributed by atoms with E-state index in [1.807, 2.05) is 24.0 Å². The van der Waals surface area contributed by atoms with Crippen molar-refractivity contribution in [3.05, 3.63) is 46.5 Å². The lowest BCUT2D eigenvalue weighted by Gasteiger charge is -2.34. The van der Waals surface area contributed by atoms with Gasteiger partial charge in [-0.05, 0) is 37.6 Å². The highest BCUT2D eigenvalue weighted by molar-refractivity contribution is 7.09. The van der Waals surface area contributed by atoms with E-state index in [0.717, 1.165) is 35.8 Å². The Morgan fingerprint density at radius 3 is 2.93 bits per heavy atom. The van der Waals surface area contributed by atoms with E-state index in [1.54, 1.807) is 11.3 Å². The number of rotatable bonds is 4. The zero-order valence-electron chi connectivity index (χ0n) is 16.0. The molecule has 2 aliphatic rings. The molecule has 3 aromatic rings. The first-order valence-electron chi connectivity index (χ1n) is 9.84. The number of aromatic nitrogens is 3. The average molecular weight is 397 g/mol. The van der Waals surface area contributed by atoms with Crippen molar-refractivity contribution in [2.24, 2.45) is 7.05 Å². The van der Waals surface area contributed by atoms with Crippen molar-refractivity contribution in [3.63, 3.8) is 0 Å². The molecular weight excluding hydrogens is 372 g/mol. The van der Waals surface area contributed by atoms with Crippen LogP contribution in [-0.2, 0) is 13.6 Å². The second kappa shape index (κ2) is 7.56. The van der Waals surface area contributed by atoms with E-state index in [2.05, 4.69) is 33.6 Å². The number of nitrogens with zero attached hydrogens (tertiary/aromatic N) is 4. The third-order valence-electron chi connectivity index (χ3n) is 5.44. The Morgan fingerprint density at radius 2 is 2.07 bits per heavy atom. The fraction of sp³-hybridized carbons (Fsp3) is 0.429. The van der Waals surface area contributed by atoms with Gasteiger partial charge in [-0.1, -0.05) is 6.42 Å². The van der Waals surface area contributed by atoms with Gasteiger partial charge in [0.05, 0.1) is 11.7 Å². The fourth-order valence-electron chi connectivity index (χ4n) is 4.16. The maximum absolute atomic E-state index is 5.77. The summed E-state index contributed by atoms with van der Waals surface area (Å²) in [6, 6.07) is 6.52. The largest absolute Gasteiger partial charge is 0.486 e. The molecule has 2 aromatic heterocycles. The number of hydrogen-bond acceptors (Lipinski definition) is 6. The van der Waals surface area contributed by atoms with E-state index in [9.17, 15) is 0 Å².